The third-order valence-electron chi connectivity index (χ3n) is 5.05. The second-order valence-corrected chi connectivity index (χ2v) is 7.35. The van der Waals surface area contributed by atoms with Crippen LogP contribution in [0.15, 0.2) is 21.6 Å². The fraction of sp³-hybridized carbons (Fsp3) is 0.737. The van der Waals surface area contributed by atoms with E-state index in [1.807, 2.05) is 4.90 Å². The van der Waals surface area contributed by atoms with Crippen molar-refractivity contribution in [2.45, 2.75) is 52.6 Å². The number of likely N-dealkylation sites (tertiary alicyclic amines) is 2. The van der Waals surface area contributed by atoms with E-state index in [0.717, 1.165) is 44.5 Å². The largest absolute Gasteiger partial charge is 0.364 e. The van der Waals surface area contributed by atoms with Crippen molar-refractivity contribution in [3.63, 3.8) is 0 Å². The summed E-state index contributed by atoms with van der Waals surface area (Å²) in [6.07, 6.45) is 2.71. The van der Waals surface area contributed by atoms with Gasteiger partial charge in [-0.05, 0) is 32.4 Å². The highest BCUT2D eigenvalue weighted by Crippen LogP contribution is 2.22. The number of amides is 1. The lowest BCUT2D eigenvalue weighted by atomic mass is 9.99. The van der Waals surface area contributed by atoms with E-state index in [9.17, 15) is 9.18 Å². The molecule has 0 bridgehead atoms. The molecule has 1 atom stereocenters. The summed E-state index contributed by atoms with van der Waals surface area (Å²) in [5, 5.41) is 3.12. The molecule has 1 unspecified atom stereocenters. The zero-order valence-corrected chi connectivity index (χ0v) is 16.3. The minimum atomic E-state index is -0.975. The minimum Gasteiger partial charge on any atom is -0.364 e. The number of rotatable bonds is 6. The SMILES string of the molecule is C=N/C(=C(\N=C1CCN(C(C)=O)CC1)NCC(C)F)N1CCC(C)CC1. The second kappa shape index (κ2) is 9.69. The molecule has 2 aliphatic rings. The molecule has 6 nitrogen and oxygen atoms in total. The molecule has 2 fully saturated rings. The summed E-state index contributed by atoms with van der Waals surface area (Å²) < 4.78 is 13.4. The first-order valence-corrected chi connectivity index (χ1v) is 9.56. The lowest BCUT2D eigenvalue weighted by Gasteiger charge is -2.33. The van der Waals surface area contributed by atoms with Crippen LogP contribution in [-0.4, -0.2) is 67.0 Å². The smallest absolute Gasteiger partial charge is 0.219 e. The number of carbonyl (C=O) groups excluding carboxylic acids is 1. The Morgan fingerprint density at radius 1 is 1.27 bits per heavy atom. The molecule has 0 aromatic heterocycles. The average Bonchev–Trinajstić information content (AvgIpc) is 2.62. The van der Waals surface area contributed by atoms with Gasteiger partial charge in [0.15, 0.2) is 11.6 Å². The van der Waals surface area contributed by atoms with E-state index in [0.29, 0.717) is 30.6 Å². The number of hydrogen-bond acceptors (Lipinski definition) is 5. The van der Waals surface area contributed by atoms with Crippen molar-refractivity contribution in [3.8, 4) is 0 Å². The molecular weight excluding hydrogens is 333 g/mol. The van der Waals surface area contributed by atoms with Crippen molar-refractivity contribution >= 4 is 18.3 Å². The summed E-state index contributed by atoms with van der Waals surface area (Å²) in [4.78, 5) is 24.5. The molecule has 0 aromatic carbocycles. The molecule has 0 aliphatic carbocycles. The van der Waals surface area contributed by atoms with E-state index >= 15 is 0 Å². The van der Waals surface area contributed by atoms with Crippen LogP contribution in [0, 0.1) is 5.92 Å². The summed E-state index contributed by atoms with van der Waals surface area (Å²) in [6.45, 7) is 12.5. The molecule has 2 rings (SSSR count). The number of nitrogens with one attached hydrogen (secondary N) is 1. The number of alkyl halides is 1. The Balaban J connectivity index is 2.19. The average molecular weight is 365 g/mol. The number of aliphatic imine (C=N–C) groups is 2. The lowest BCUT2D eigenvalue weighted by molar-refractivity contribution is -0.128. The van der Waals surface area contributed by atoms with Gasteiger partial charge >= 0.3 is 0 Å². The number of carbonyl (C=O) groups is 1. The highest BCUT2D eigenvalue weighted by molar-refractivity contribution is 5.88. The van der Waals surface area contributed by atoms with Gasteiger partial charge in [0.2, 0.25) is 5.91 Å². The Morgan fingerprint density at radius 3 is 2.38 bits per heavy atom. The van der Waals surface area contributed by atoms with Crippen LogP contribution in [0.2, 0.25) is 0 Å². The predicted octanol–water partition coefficient (Wildman–Crippen LogP) is 2.58. The fourth-order valence-electron chi connectivity index (χ4n) is 3.30. The molecule has 0 spiro atoms. The van der Waals surface area contributed by atoms with Gasteiger partial charge in [-0.2, -0.15) is 0 Å². The maximum Gasteiger partial charge on any atom is 0.219 e. The highest BCUT2D eigenvalue weighted by atomic mass is 19.1. The van der Waals surface area contributed by atoms with Crippen LogP contribution in [0.25, 0.3) is 0 Å². The maximum absolute atomic E-state index is 13.4. The standard InChI is InChI=1S/C19H32FN5O/c1-14-5-9-25(10-6-14)19(21-4)18(22-13-15(2)20)23-17-7-11-24(12-8-17)16(3)26/h14-15,22H,4-13H2,1-3H3/b19-18+. The van der Waals surface area contributed by atoms with Crippen LogP contribution in [0.3, 0.4) is 0 Å². The molecule has 26 heavy (non-hydrogen) atoms. The van der Waals surface area contributed by atoms with Crippen LogP contribution >= 0.6 is 0 Å². The van der Waals surface area contributed by atoms with Crippen LogP contribution in [0.1, 0.15) is 46.5 Å². The zero-order valence-electron chi connectivity index (χ0n) is 16.3. The van der Waals surface area contributed by atoms with Crippen molar-refractivity contribution in [1.29, 1.82) is 0 Å². The molecule has 1 amide bonds. The molecule has 7 heteroatoms. The Kier molecular flexibility index (Phi) is 7.60. The van der Waals surface area contributed by atoms with Crippen molar-refractivity contribution in [2.75, 3.05) is 32.7 Å². The Labute approximate surface area is 156 Å². The van der Waals surface area contributed by atoms with E-state index in [2.05, 4.69) is 28.9 Å². The van der Waals surface area contributed by atoms with Crippen LogP contribution in [0.5, 0.6) is 0 Å². The third kappa shape index (κ3) is 5.81. The quantitative estimate of drug-likeness (QED) is 0.736. The summed E-state index contributed by atoms with van der Waals surface area (Å²) in [6, 6.07) is 0. The molecular formula is C19H32FN5O. The third-order valence-corrected chi connectivity index (χ3v) is 5.05. The van der Waals surface area contributed by atoms with Gasteiger partial charge < -0.3 is 15.1 Å². The number of piperidine rings is 2. The van der Waals surface area contributed by atoms with Gasteiger partial charge in [0.25, 0.3) is 0 Å². The summed E-state index contributed by atoms with van der Waals surface area (Å²) in [5.74, 6) is 2.12. The van der Waals surface area contributed by atoms with Gasteiger partial charge in [0, 0.05) is 58.2 Å². The van der Waals surface area contributed by atoms with E-state index in [1.165, 1.54) is 6.92 Å². The molecule has 0 radical (unpaired) electrons. The van der Waals surface area contributed by atoms with Crippen molar-refractivity contribution in [3.05, 3.63) is 11.6 Å². The molecule has 0 saturated carbocycles. The summed E-state index contributed by atoms with van der Waals surface area (Å²) in [5.41, 5.74) is 1.02. The Bertz CT molecular complexity index is 554. The van der Waals surface area contributed by atoms with Crippen molar-refractivity contribution < 1.29 is 9.18 Å². The summed E-state index contributed by atoms with van der Waals surface area (Å²) >= 11 is 0. The Hall–Kier alpha value is -1.92. The normalized spacial score (nSPS) is 21.2. The molecule has 2 aliphatic heterocycles. The van der Waals surface area contributed by atoms with Gasteiger partial charge in [-0.1, -0.05) is 6.92 Å². The summed E-state index contributed by atoms with van der Waals surface area (Å²) in [7, 11) is 0. The van der Waals surface area contributed by atoms with Crippen LogP contribution in [0.4, 0.5) is 4.39 Å². The number of halogens is 1. The van der Waals surface area contributed by atoms with E-state index in [1.54, 1.807) is 6.92 Å². The molecule has 0 aromatic rings. The van der Waals surface area contributed by atoms with E-state index < -0.39 is 6.17 Å². The predicted molar refractivity (Wildman–Crippen MR) is 104 cm³/mol. The first-order chi connectivity index (χ1) is 12.4. The number of hydrogen-bond donors (Lipinski definition) is 1. The topological polar surface area (TPSA) is 60.3 Å². The highest BCUT2D eigenvalue weighted by Gasteiger charge is 2.22. The zero-order chi connectivity index (χ0) is 19.1. The minimum absolute atomic E-state index is 0.0973. The molecule has 2 saturated heterocycles. The maximum atomic E-state index is 13.4. The van der Waals surface area contributed by atoms with Gasteiger partial charge in [-0.15, -0.1) is 0 Å². The van der Waals surface area contributed by atoms with E-state index in [4.69, 9.17) is 4.99 Å². The first-order valence-electron chi connectivity index (χ1n) is 9.56. The first kappa shape index (κ1) is 20.4. The second-order valence-electron chi connectivity index (χ2n) is 7.35. The van der Waals surface area contributed by atoms with Gasteiger partial charge in [-0.3, -0.25) is 4.79 Å². The van der Waals surface area contributed by atoms with Crippen molar-refractivity contribution in [1.82, 2.24) is 15.1 Å². The Morgan fingerprint density at radius 2 is 1.88 bits per heavy atom. The van der Waals surface area contributed by atoms with E-state index in [-0.39, 0.29) is 12.5 Å². The van der Waals surface area contributed by atoms with Gasteiger partial charge in [0.1, 0.15) is 6.17 Å². The lowest BCUT2D eigenvalue weighted by Crippen LogP contribution is -2.38. The molecule has 2 heterocycles. The van der Waals surface area contributed by atoms with Gasteiger partial charge in [-0.25, -0.2) is 14.4 Å². The molecule has 146 valence electrons. The van der Waals surface area contributed by atoms with Crippen molar-refractivity contribution in [2.24, 2.45) is 15.9 Å². The monoisotopic (exact) mass is 365 g/mol. The van der Waals surface area contributed by atoms with Crippen LogP contribution in [-0.2, 0) is 4.79 Å². The molecule has 1 N–H and O–H groups in total. The van der Waals surface area contributed by atoms with Gasteiger partial charge in [0.05, 0.1) is 0 Å². The fourth-order valence-corrected chi connectivity index (χ4v) is 3.30. The number of nitrogens with zero attached hydrogens (tertiary/aromatic N) is 4. The van der Waals surface area contributed by atoms with Crippen LogP contribution < -0.4 is 5.32 Å².